The van der Waals surface area contributed by atoms with Gasteiger partial charge in [0.25, 0.3) is 0 Å². The summed E-state index contributed by atoms with van der Waals surface area (Å²) in [5, 5.41) is 3.63. The lowest BCUT2D eigenvalue weighted by Crippen LogP contribution is -2.41. The van der Waals surface area contributed by atoms with Crippen LogP contribution in [-0.2, 0) is 0 Å². The van der Waals surface area contributed by atoms with Crippen LogP contribution in [0.2, 0.25) is 0 Å². The maximum absolute atomic E-state index is 3.63. The van der Waals surface area contributed by atoms with Crippen LogP contribution in [0.15, 0.2) is 0 Å². The van der Waals surface area contributed by atoms with Gasteiger partial charge in [-0.3, -0.25) is 4.90 Å². The Bertz CT molecular complexity index is 255. The van der Waals surface area contributed by atoms with Gasteiger partial charge in [0.05, 0.1) is 0 Å². The minimum atomic E-state index is 0.481. The summed E-state index contributed by atoms with van der Waals surface area (Å²) in [4.78, 5) is 2.70. The second kappa shape index (κ2) is 8.38. The summed E-state index contributed by atoms with van der Waals surface area (Å²) in [6.45, 7) is 19.1. The zero-order valence-electron chi connectivity index (χ0n) is 14.8. The molecule has 1 aliphatic heterocycles. The largest absolute Gasteiger partial charge is 0.315 e. The molecule has 1 saturated heterocycles. The molecule has 1 aliphatic rings. The van der Waals surface area contributed by atoms with Gasteiger partial charge in [-0.15, -0.1) is 0 Å². The summed E-state index contributed by atoms with van der Waals surface area (Å²) in [7, 11) is 0. The highest BCUT2D eigenvalue weighted by Gasteiger charge is 2.28. The van der Waals surface area contributed by atoms with Gasteiger partial charge in [0.1, 0.15) is 0 Å². The van der Waals surface area contributed by atoms with Gasteiger partial charge >= 0.3 is 0 Å². The Hall–Kier alpha value is -0.0800. The van der Waals surface area contributed by atoms with Crippen molar-refractivity contribution in [2.75, 3.05) is 26.2 Å². The van der Waals surface area contributed by atoms with Crippen LogP contribution in [0.4, 0.5) is 0 Å². The molecule has 0 aliphatic carbocycles. The second-order valence-electron chi connectivity index (χ2n) is 8.27. The Morgan fingerprint density at radius 1 is 1.10 bits per heavy atom. The van der Waals surface area contributed by atoms with Gasteiger partial charge in [-0.2, -0.15) is 0 Å². The zero-order valence-corrected chi connectivity index (χ0v) is 14.8. The maximum Gasteiger partial charge on any atom is 0.0192 e. The molecule has 120 valence electrons. The second-order valence-corrected chi connectivity index (χ2v) is 8.27. The number of rotatable bonds is 6. The fourth-order valence-electron chi connectivity index (χ4n) is 3.26. The van der Waals surface area contributed by atoms with Gasteiger partial charge in [0, 0.05) is 12.6 Å². The first-order chi connectivity index (χ1) is 9.30. The first-order valence-electron chi connectivity index (χ1n) is 8.75. The third-order valence-corrected chi connectivity index (χ3v) is 4.95. The van der Waals surface area contributed by atoms with Crippen LogP contribution < -0.4 is 5.32 Å². The Balaban J connectivity index is 2.29. The van der Waals surface area contributed by atoms with E-state index in [2.05, 4.69) is 51.8 Å². The molecule has 0 aromatic rings. The fourth-order valence-corrected chi connectivity index (χ4v) is 3.26. The molecule has 1 rings (SSSR count). The van der Waals surface area contributed by atoms with Crippen LogP contribution >= 0.6 is 0 Å². The molecule has 0 saturated carbocycles. The van der Waals surface area contributed by atoms with Crippen LogP contribution in [0.3, 0.4) is 0 Å². The van der Waals surface area contributed by atoms with Crippen LogP contribution in [0, 0.1) is 17.3 Å². The van der Waals surface area contributed by atoms with E-state index in [1.807, 2.05) is 0 Å². The molecule has 1 N–H and O–H groups in total. The lowest BCUT2D eigenvalue weighted by Gasteiger charge is -2.31. The van der Waals surface area contributed by atoms with Gasteiger partial charge in [0.15, 0.2) is 0 Å². The molecule has 0 bridgehead atoms. The van der Waals surface area contributed by atoms with E-state index >= 15 is 0 Å². The smallest absolute Gasteiger partial charge is 0.0192 e. The Morgan fingerprint density at radius 2 is 1.80 bits per heavy atom. The van der Waals surface area contributed by atoms with Crippen molar-refractivity contribution in [1.29, 1.82) is 0 Å². The van der Waals surface area contributed by atoms with Crippen molar-refractivity contribution >= 4 is 0 Å². The monoisotopic (exact) mass is 282 g/mol. The first-order valence-corrected chi connectivity index (χ1v) is 8.75. The third kappa shape index (κ3) is 6.58. The predicted octanol–water partition coefficient (Wildman–Crippen LogP) is 4.16. The van der Waals surface area contributed by atoms with Gasteiger partial charge in [0.2, 0.25) is 0 Å². The highest BCUT2D eigenvalue weighted by atomic mass is 15.2. The molecular weight excluding hydrogens is 244 g/mol. The predicted molar refractivity (Wildman–Crippen MR) is 90.2 cm³/mol. The fraction of sp³-hybridized carbons (Fsp3) is 1.00. The number of nitrogens with zero attached hydrogens (tertiary/aromatic N) is 1. The summed E-state index contributed by atoms with van der Waals surface area (Å²) >= 11 is 0. The maximum atomic E-state index is 3.63. The zero-order chi connectivity index (χ0) is 15.2. The Kier molecular flexibility index (Phi) is 7.53. The minimum absolute atomic E-state index is 0.481. The van der Waals surface area contributed by atoms with E-state index in [1.165, 1.54) is 45.3 Å². The topological polar surface area (TPSA) is 15.3 Å². The van der Waals surface area contributed by atoms with Crippen molar-refractivity contribution in [2.45, 2.75) is 73.3 Å². The third-order valence-electron chi connectivity index (χ3n) is 4.95. The lowest BCUT2D eigenvalue weighted by atomic mass is 9.77. The van der Waals surface area contributed by atoms with E-state index < -0.39 is 0 Å². The summed E-state index contributed by atoms with van der Waals surface area (Å²) in [6.07, 6.45) is 5.45. The first kappa shape index (κ1) is 18.0. The van der Waals surface area contributed by atoms with Gasteiger partial charge in [-0.25, -0.2) is 0 Å². The quantitative estimate of drug-likeness (QED) is 0.736. The van der Waals surface area contributed by atoms with Crippen LogP contribution in [0.5, 0.6) is 0 Å². The molecule has 0 aromatic carbocycles. The van der Waals surface area contributed by atoms with Gasteiger partial charge < -0.3 is 5.32 Å². The normalized spacial score (nSPS) is 23.9. The van der Waals surface area contributed by atoms with Crippen molar-refractivity contribution in [1.82, 2.24) is 10.2 Å². The molecule has 0 aromatic heterocycles. The Morgan fingerprint density at radius 3 is 2.40 bits per heavy atom. The van der Waals surface area contributed by atoms with E-state index in [9.17, 15) is 0 Å². The van der Waals surface area contributed by atoms with Crippen molar-refractivity contribution in [3.05, 3.63) is 0 Å². The van der Waals surface area contributed by atoms with Crippen LogP contribution in [0.1, 0.15) is 67.2 Å². The van der Waals surface area contributed by atoms with Crippen LogP contribution in [0.25, 0.3) is 0 Å². The number of likely N-dealkylation sites (tertiary alicyclic amines) is 1. The molecule has 0 spiro atoms. The van der Waals surface area contributed by atoms with E-state index in [4.69, 9.17) is 0 Å². The highest BCUT2D eigenvalue weighted by molar-refractivity contribution is 4.81. The molecule has 1 fully saturated rings. The average molecular weight is 283 g/mol. The van der Waals surface area contributed by atoms with Gasteiger partial charge in [-0.1, -0.05) is 34.6 Å². The standard InChI is InChI=1S/C18H38N2/c1-15(2)9-11-19-14-16(3)20-12-7-8-17(10-13-20)18(4,5)6/h15-17,19H,7-14H2,1-6H3. The molecule has 1 heterocycles. The van der Waals surface area contributed by atoms with Crippen molar-refractivity contribution in [3.8, 4) is 0 Å². The average Bonchev–Trinajstić information content (AvgIpc) is 2.59. The van der Waals surface area contributed by atoms with E-state index in [-0.39, 0.29) is 0 Å². The molecule has 2 unspecified atom stereocenters. The molecular formula is C18H38N2. The molecule has 0 radical (unpaired) electrons. The van der Waals surface area contributed by atoms with Gasteiger partial charge in [-0.05, 0) is 69.5 Å². The highest BCUT2D eigenvalue weighted by Crippen LogP contribution is 2.34. The number of nitrogens with one attached hydrogen (secondary N) is 1. The molecule has 2 nitrogen and oxygen atoms in total. The molecule has 0 amide bonds. The van der Waals surface area contributed by atoms with E-state index in [1.54, 1.807) is 0 Å². The summed E-state index contributed by atoms with van der Waals surface area (Å²) in [5.74, 6) is 1.71. The Labute approximate surface area is 127 Å². The number of hydrogen-bond acceptors (Lipinski definition) is 2. The van der Waals surface area contributed by atoms with Crippen molar-refractivity contribution in [3.63, 3.8) is 0 Å². The minimum Gasteiger partial charge on any atom is -0.315 e. The molecule has 20 heavy (non-hydrogen) atoms. The lowest BCUT2D eigenvalue weighted by molar-refractivity contribution is 0.186. The summed E-state index contributed by atoms with van der Waals surface area (Å²) in [5.41, 5.74) is 0.481. The van der Waals surface area contributed by atoms with E-state index in [0.717, 1.165) is 18.4 Å². The molecule has 2 heteroatoms. The van der Waals surface area contributed by atoms with Crippen LogP contribution in [-0.4, -0.2) is 37.1 Å². The summed E-state index contributed by atoms with van der Waals surface area (Å²) < 4.78 is 0. The van der Waals surface area contributed by atoms with Crippen molar-refractivity contribution < 1.29 is 0 Å². The number of hydrogen-bond donors (Lipinski definition) is 1. The summed E-state index contributed by atoms with van der Waals surface area (Å²) in [6, 6.07) is 0.681. The molecule has 2 atom stereocenters. The van der Waals surface area contributed by atoms with Crippen molar-refractivity contribution in [2.24, 2.45) is 17.3 Å². The van der Waals surface area contributed by atoms with E-state index in [0.29, 0.717) is 11.5 Å². The SMILES string of the molecule is CC(C)CCNCC(C)N1CCCC(C(C)(C)C)CC1.